The highest BCUT2D eigenvalue weighted by Crippen LogP contribution is 2.23. The fraction of sp³-hybridized carbons (Fsp3) is 0.526. The zero-order valence-corrected chi connectivity index (χ0v) is 30.5. The van der Waals surface area contributed by atoms with Crippen LogP contribution in [0.5, 0.6) is 0 Å². The third kappa shape index (κ3) is 9.92. The predicted octanol–water partition coefficient (Wildman–Crippen LogP) is 5.46. The van der Waals surface area contributed by atoms with Crippen molar-refractivity contribution >= 4 is 35.6 Å². The highest BCUT2D eigenvalue weighted by Gasteiger charge is 2.29. The maximum absolute atomic E-state index is 12.9. The van der Waals surface area contributed by atoms with Gasteiger partial charge in [0.15, 0.2) is 0 Å². The number of likely N-dealkylation sites (tertiary alicyclic amines) is 2. The molecule has 0 saturated carbocycles. The van der Waals surface area contributed by atoms with E-state index in [1.807, 2.05) is 27.7 Å². The summed E-state index contributed by atoms with van der Waals surface area (Å²) in [6.45, 7) is 12.4. The van der Waals surface area contributed by atoms with Crippen LogP contribution < -0.4 is 0 Å². The Morgan fingerprint density at radius 1 is 0.660 bits per heavy atom. The zero-order valence-electron chi connectivity index (χ0n) is 30.5. The van der Waals surface area contributed by atoms with Crippen LogP contribution in [0.2, 0.25) is 0 Å². The number of carboxylic acid groups (broad SMARTS) is 1. The van der Waals surface area contributed by atoms with Gasteiger partial charge in [-0.25, -0.2) is 9.59 Å². The summed E-state index contributed by atoms with van der Waals surface area (Å²) in [6, 6.07) is 9.12. The van der Waals surface area contributed by atoms with Crippen molar-refractivity contribution in [1.82, 2.24) is 19.6 Å². The number of aromatic carboxylic acids is 1. The number of esters is 1. The fourth-order valence-electron chi connectivity index (χ4n) is 6.32. The average molecular weight is 693 g/mol. The third-order valence-corrected chi connectivity index (χ3v) is 9.05. The van der Waals surface area contributed by atoms with Gasteiger partial charge in [-0.3, -0.25) is 19.2 Å². The maximum atomic E-state index is 12.9. The molecule has 272 valence electrons. The number of ether oxygens (including phenoxy) is 1. The van der Waals surface area contributed by atoms with Crippen LogP contribution in [-0.4, -0.2) is 119 Å². The summed E-state index contributed by atoms with van der Waals surface area (Å²) >= 11 is 0. The van der Waals surface area contributed by atoms with Gasteiger partial charge in [0, 0.05) is 74.6 Å². The number of carbonyl (C=O) groups excluding carboxylic acids is 5. The Morgan fingerprint density at radius 3 is 1.40 bits per heavy atom. The highest BCUT2D eigenvalue weighted by molar-refractivity contribution is 6.04. The van der Waals surface area contributed by atoms with Crippen molar-refractivity contribution in [1.29, 1.82) is 0 Å². The van der Waals surface area contributed by atoms with Crippen molar-refractivity contribution < 1.29 is 38.6 Å². The number of carbonyl (C=O) groups is 6. The monoisotopic (exact) mass is 692 g/mol. The Hall–Kier alpha value is -4.74. The lowest BCUT2D eigenvalue weighted by Gasteiger charge is -2.22. The molecule has 12 nitrogen and oxygen atoms in total. The van der Waals surface area contributed by atoms with E-state index >= 15 is 0 Å². The highest BCUT2D eigenvalue weighted by atomic mass is 16.5. The van der Waals surface area contributed by atoms with Crippen LogP contribution in [-0.2, 0) is 4.74 Å². The van der Waals surface area contributed by atoms with Crippen LogP contribution in [0.3, 0.4) is 0 Å². The lowest BCUT2D eigenvalue weighted by molar-refractivity contribution is 0.0525. The van der Waals surface area contributed by atoms with Gasteiger partial charge >= 0.3 is 11.9 Å². The van der Waals surface area contributed by atoms with E-state index in [-0.39, 0.29) is 64.6 Å². The van der Waals surface area contributed by atoms with Crippen LogP contribution in [0.1, 0.15) is 135 Å². The van der Waals surface area contributed by atoms with Crippen LogP contribution in [0.15, 0.2) is 36.4 Å². The molecule has 0 bridgehead atoms. The molecule has 0 aromatic heterocycles. The number of carboxylic acids is 1. The number of amides is 4. The van der Waals surface area contributed by atoms with Crippen molar-refractivity contribution in [3.63, 3.8) is 0 Å². The predicted molar refractivity (Wildman–Crippen MR) is 190 cm³/mol. The minimum absolute atomic E-state index is 0.0408. The molecule has 0 radical (unpaired) electrons. The zero-order chi connectivity index (χ0) is 37.1. The van der Waals surface area contributed by atoms with Gasteiger partial charge in [0.2, 0.25) is 0 Å². The van der Waals surface area contributed by atoms with Gasteiger partial charge < -0.3 is 29.4 Å². The normalized spacial score (nSPS) is 16.7. The summed E-state index contributed by atoms with van der Waals surface area (Å²) < 4.78 is 5.06. The van der Waals surface area contributed by atoms with E-state index in [0.29, 0.717) is 37.3 Å². The summed E-state index contributed by atoms with van der Waals surface area (Å²) in [6.07, 6.45) is 5.45. The lowest BCUT2D eigenvalue weighted by atomic mass is 10.0. The van der Waals surface area contributed by atoms with Gasteiger partial charge in [-0.15, -0.1) is 0 Å². The molecule has 2 heterocycles. The molecule has 50 heavy (non-hydrogen) atoms. The summed E-state index contributed by atoms with van der Waals surface area (Å²) in [5, 5.41) is 9.31. The van der Waals surface area contributed by atoms with Crippen LogP contribution in [0.4, 0.5) is 0 Å². The molecule has 12 heteroatoms. The summed E-state index contributed by atoms with van der Waals surface area (Å²) in [7, 11) is 3.39. The minimum atomic E-state index is -1.15. The first-order valence-corrected chi connectivity index (χ1v) is 17.6. The molecular weight excluding hydrogens is 640 g/mol. The van der Waals surface area contributed by atoms with Gasteiger partial charge in [-0.2, -0.15) is 0 Å². The van der Waals surface area contributed by atoms with E-state index < -0.39 is 11.9 Å². The lowest BCUT2D eigenvalue weighted by Crippen LogP contribution is -2.34. The Balaban J connectivity index is 0.000000271. The van der Waals surface area contributed by atoms with Crippen molar-refractivity contribution in [2.24, 2.45) is 0 Å². The maximum Gasteiger partial charge on any atom is 0.338 e. The van der Waals surface area contributed by atoms with Gasteiger partial charge in [0.1, 0.15) is 0 Å². The topological polar surface area (TPSA) is 145 Å². The average Bonchev–Trinajstić information content (AvgIpc) is 3.74. The van der Waals surface area contributed by atoms with E-state index in [1.54, 1.807) is 41.8 Å². The van der Waals surface area contributed by atoms with Gasteiger partial charge in [-0.1, -0.05) is 13.8 Å². The number of benzene rings is 2. The summed E-state index contributed by atoms with van der Waals surface area (Å²) in [4.78, 5) is 81.0. The molecule has 4 rings (SSSR count). The van der Waals surface area contributed by atoms with Crippen LogP contribution in [0.25, 0.3) is 0 Å². The molecule has 2 aromatic carbocycles. The Labute approximate surface area is 295 Å². The van der Waals surface area contributed by atoms with Crippen molar-refractivity contribution in [3.05, 3.63) is 69.8 Å². The van der Waals surface area contributed by atoms with Crippen LogP contribution >= 0.6 is 0 Å². The molecule has 0 aliphatic carbocycles. The largest absolute Gasteiger partial charge is 0.478 e. The van der Waals surface area contributed by atoms with E-state index in [4.69, 9.17) is 4.74 Å². The van der Waals surface area contributed by atoms with Gasteiger partial charge in [0.05, 0.1) is 17.7 Å². The van der Waals surface area contributed by atoms with E-state index in [0.717, 1.165) is 38.5 Å². The number of hydrogen-bond acceptors (Lipinski definition) is 7. The Kier molecular flexibility index (Phi) is 14.5. The molecule has 2 aliphatic heterocycles. The van der Waals surface area contributed by atoms with Crippen molar-refractivity contribution in [2.45, 2.75) is 85.2 Å². The Bertz CT molecular complexity index is 1570. The quantitative estimate of drug-likeness (QED) is 0.306. The SMILES string of the molecule is CCCN(C)C(=O)c1cc(C(=O)O)cc(C(=O)N2CCCC2C)c1.CCCN(C)C(=O)c1cc(C(=O)OCC)cc(C(=O)N2CCCC2C)c1. The molecular formula is C38H52N4O8. The van der Waals surface area contributed by atoms with Crippen LogP contribution in [0, 0.1) is 0 Å². The molecule has 2 saturated heterocycles. The molecule has 1 N–H and O–H groups in total. The first-order valence-electron chi connectivity index (χ1n) is 17.6. The third-order valence-electron chi connectivity index (χ3n) is 9.05. The van der Waals surface area contributed by atoms with Crippen molar-refractivity contribution in [3.8, 4) is 0 Å². The first-order chi connectivity index (χ1) is 23.7. The van der Waals surface area contributed by atoms with Crippen molar-refractivity contribution in [2.75, 3.05) is 46.9 Å². The standard InChI is InChI=1S/C20H28N2O4.C18H24N2O4/c1-5-9-21(4)18(23)15-11-16(13-17(12-15)20(25)26-6-2)19(24)22-10-7-8-14(22)3;1-4-7-19(3)16(21)13-9-14(11-15(10-13)18(23)24)17(22)20-8-5-6-12(20)2/h11-14H,5-10H2,1-4H3;9-12H,4-8H2,1-3H3,(H,23,24). The van der Waals surface area contributed by atoms with Gasteiger partial charge in [-0.05, 0) is 95.7 Å². The molecule has 2 atom stereocenters. The van der Waals surface area contributed by atoms with E-state index in [2.05, 4.69) is 0 Å². The molecule has 4 amide bonds. The number of nitrogens with zero attached hydrogens (tertiary/aromatic N) is 4. The number of hydrogen-bond donors (Lipinski definition) is 1. The van der Waals surface area contributed by atoms with Gasteiger partial charge in [0.25, 0.3) is 23.6 Å². The molecule has 2 unspecified atom stereocenters. The van der Waals surface area contributed by atoms with E-state index in [9.17, 15) is 33.9 Å². The minimum Gasteiger partial charge on any atom is -0.478 e. The Morgan fingerprint density at radius 2 is 1.04 bits per heavy atom. The molecule has 2 aromatic rings. The molecule has 0 spiro atoms. The van der Waals surface area contributed by atoms with E-state index in [1.165, 1.54) is 35.2 Å². The second kappa shape index (κ2) is 18.3. The first kappa shape index (κ1) is 39.7. The number of rotatable bonds is 11. The molecule has 2 fully saturated rings. The summed E-state index contributed by atoms with van der Waals surface area (Å²) in [5.41, 5.74) is 1.39. The molecule has 2 aliphatic rings. The smallest absolute Gasteiger partial charge is 0.338 e. The fourth-order valence-corrected chi connectivity index (χ4v) is 6.32. The second-order valence-electron chi connectivity index (χ2n) is 13.1. The second-order valence-corrected chi connectivity index (χ2v) is 13.1. The summed E-state index contributed by atoms with van der Waals surface area (Å²) in [5.74, 6) is -2.51.